The van der Waals surface area contributed by atoms with Gasteiger partial charge in [0.05, 0.1) is 30.6 Å². The summed E-state index contributed by atoms with van der Waals surface area (Å²) in [6.45, 7) is 3.54. The maximum atomic E-state index is 12.4. The molecule has 0 spiro atoms. The van der Waals surface area contributed by atoms with Crippen molar-refractivity contribution < 1.29 is 14.3 Å². The van der Waals surface area contributed by atoms with Gasteiger partial charge in [0.1, 0.15) is 17.4 Å². The highest BCUT2D eigenvalue weighted by Crippen LogP contribution is 2.39. The van der Waals surface area contributed by atoms with E-state index in [9.17, 15) is 10.1 Å². The number of rotatable bonds is 4. The smallest absolute Gasteiger partial charge is 0.338 e. The number of esters is 1. The Bertz CT molecular complexity index is 792. The second-order valence-electron chi connectivity index (χ2n) is 5.19. The van der Waals surface area contributed by atoms with E-state index in [2.05, 4.69) is 6.07 Å². The maximum Gasteiger partial charge on any atom is 0.338 e. The van der Waals surface area contributed by atoms with Gasteiger partial charge in [0.25, 0.3) is 0 Å². The van der Waals surface area contributed by atoms with Gasteiger partial charge in [-0.05, 0) is 25.0 Å². The Morgan fingerprint density at radius 1 is 1.33 bits per heavy atom. The molecule has 1 heterocycles. The van der Waals surface area contributed by atoms with Crippen molar-refractivity contribution in [2.24, 2.45) is 5.73 Å². The number of nitrogens with zero attached hydrogens (tertiary/aromatic N) is 2. The third kappa shape index (κ3) is 3.23. The molecule has 1 aliphatic heterocycles. The lowest BCUT2D eigenvalue weighted by Crippen LogP contribution is -2.25. The van der Waals surface area contributed by atoms with E-state index in [1.807, 2.05) is 6.07 Å². The second kappa shape index (κ2) is 7.34. The fourth-order valence-electron chi connectivity index (χ4n) is 2.61. The van der Waals surface area contributed by atoms with Gasteiger partial charge >= 0.3 is 5.97 Å². The number of nitrogens with two attached hydrogens (primary N) is 1. The van der Waals surface area contributed by atoms with E-state index in [1.54, 1.807) is 38.1 Å². The van der Waals surface area contributed by atoms with Crippen molar-refractivity contribution in [3.05, 3.63) is 58.2 Å². The molecular formula is C18H17N3O3. The first-order chi connectivity index (χ1) is 11.5. The first-order valence-corrected chi connectivity index (χ1v) is 7.44. The Kier molecular flexibility index (Phi) is 5.23. The van der Waals surface area contributed by atoms with Crippen LogP contribution in [0.1, 0.15) is 30.9 Å². The quantitative estimate of drug-likeness (QED) is 0.852. The highest BCUT2D eigenvalue weighted by atomic mass is 16.5. The van der Waals surface area contributed by atoms with Gasteiger partial charge in [0.15, 0.2) is 0 Å². The molecule has 6 heteroatoms. The van der Waals surface area contributed by atoms with Crippen LogP contribution in [0.25, 0.3) is 0 Å². The fraction of sp³-hybridized carbons (Fsp3) is 0.278. The highest BCUT2D eigenvalue weighted by Gasteiger charge is 2.36. The molecule has 2 rings (SSSR count). The number of carbonyl (C=O) groups excluding carboxylic acids is 1. The van der Waals surface area contributed by atoms with Crippen molar-refractivity contribution in [1.29, 1.82) is 10.5 Å². The average molecular weight is 323 g/mol. The fourth-order valence-corrected chi connectivity index (χ4v) is 2.61. The number of allylic oxidation sites excluding steroid dienone is 2. The first kappa shape index (κ1) is 17.1. The van der Waals surface area contributed by atoms with E-state index < -0.39 is 11.9 Å². The van der Waals surface area contributed by atoms with Crippen LogP contribution in [-0.2, 0) is 20.7 Å². The predicted molar refractivity (Wildman–Crippen MR) is 85.7 cm³/mol. The Balaban J connectivity index is 2.54. The third-order valence-corrected chi connectivity index (χ3v) is 3.70. The molecule has 1 aromatic carbocycles. The molecular weight excluding hydrogens is 306 g/mol. The minimum Gasteiger partial charge on any atom is -0.463 e. The summed E-state index contributed by atoms with van der Waals surface area (Å²) < 4.78 is 10.5. The van der Waals surface area contributed by atoms with Crippen LogP contribution in [0.15, 0.2) is 47.1 Å². The lowest BCUT2D eigenvalue weighted by molar-refractivity contribution is -0.139. The summed E-state index contributed by atoms with van der Waals surface area (Å²) in [5.41, 5.74) is 7.81. The Morgan fingerprint density at radius 3 is 2.54 bits per heavy atom. The topological polar surface area (TPSA) is 109 Å². The van der Waals surface area contributed by atoms with E-state index in [0.717, 1.165) is 5.56 Å². The Hall–Kier alpha value is -3.25. The number of benzene rings is 1. The van der Waals surface area contributed by atoms with Crippen LogP contribution in [0.3, 0.4) is 0 Å². The second-order valence-corrected chi connectivity index (χ2v) is 5.19. The van der Waals surface area contributed by atoms with Gasteiger partial charge in [-0.15, -0.1) is 0 Å². The van der Waals surface area contributed by atoms with E-state index in [4.69, 9.17) is 20.5 Å². The molecule has 0 fully saturated rings. The molecule has 0 amide bonds. The van der Waals surface area contributed by atoms with Gasteiger partial charge in [0, 0.05) is 0 Å². The standard InChI is InChI=1S/C18H17N3O3/c1-3-23-18(22)15-11(2)24-17(21)14(10-20)16(15)13-6-4-12(5-7-13)8-9-19/h4-7,16H,3,8,21H2,1-2H3. The summed E-state index contributed by atoms with van der Waals surface area (Å²) in [6.07, 6.45) is 0.288. The van der Waals surface area contributed by atoms with Crippen molar-refractivity contribution in [1.82, 2.24) is 0 Å². The number of hydrogen-bond acceptors (Lipinski definition) is 6. The minimum atomic E-state index is -0.654. The number of hydrogen-bond donors (Lipinski definition) is 1. The predicted octanol–water partition coefficient (Wildman–Crippen LogP) is 2.40. The summed E-state index contributed by atoms with van der Waals surface area (Å²) in [4.78, 5) is 12.4. The normalized spacial score (nSPS) is 16.9. The molecule has 0 aliphatic carbocycles. The zero-order valence-corrected chi connectivity index (χ0v) is 13.5. The number of nitriles is 2. The van der Waals surface area contributed by atoms with Gasteiger partial charge in [-0.2, -0.15) is 10.5 Å². The van der Waals surface area contributed by atoms with Crippen LogP contribution in [0.5, 0.6) is 0 Å². The minimum absolute atomic E-state index is 0.0193. The lowest BCUT2D eigenvalue weighted by atomic mass is 9.83. The van der Waals surface area contributed by atoms with Gasteiger partial charge < -0.3 is 15.2 Å². The van der Waals surface area contributed by atoms with Crippen molar-refractivity contribution in [3.8, 4) is 12.1 Å². The third-order valence-electron chi connectivity index (χ3n) is 3.70. The van der Waals surface area contributed by atoms with Crippen LogP contribution in [0.2, 0.25) is 0 Å². The molecule has 0 saturated heterocycles. The molecule has 2 N–H and O–H groups in total. The van der Waals surface area contributed by atoms with Crippen LogP contribution >= 0.6 is 0 Å². The molecule has 1 atom stereocenters. The molecule has 0 saturated carbocycles. The largest absolute Gasteiger partial charge is 0.463 e. The monoisotopic (exact) mass is 323 g/mol. The molecule has 122 valence electrons. The molecule has 24 heavy (non-hydrogen) atoms. The van der Waals surface area contributed by atoms with Gasteiger partial charge in [-0.3, -0.25) is 0 Å². The Morgan fingerprint density at radius 2 is 2.00 bits per heavy atom. The van der Waals surface area contributed by atoms with Gasteiger partial charge in [-0.25, -0.2) is 4.79 Å². The van der Waals surface area contributed by atoms with Crippen molar-refractivity contribution in [3.63, 3.8) is 0 Å². The summed E-state index contributed by atoms with van der Waals surface area (Å²) in [7, 11) is 0. The van der Waals surface area contributed by atoms with E-state index in [1.165, 1.54) is 0 Å². The molecule has 1 aliphatic rings. The lowest BCUT2D eigenvalue weighted by Gasteiger charge is -2.26. The summed E-state index contributed by atoms with van der Waals surface area (Å²) >= 11 is 0. The van der Waals surface area contributed by atoms with Crippen LogP contribution in [0, 0.1) is 22.7 Å². The van der Waals surface area contributed by atoms with Crippen molar-refractivity contribution >= 4 is 5.97 Å². The van der Waals surface area contributed by atoms with Crippen LogP contribution in [0.4, 0.5) is 0 Å². The zero-order chi connectivity index (χ0) is 17.7. The zero-order valence-electron chi connectivity index (χ0n) is 13.5. The van der Waals surface area contributed by atoms with Gasteiger partial charge in [0.2, 0.25) is 5.88 Å². The van der Waals surface area contributed by atoms with Crippen molar-refractivity contribution in [2.45, 2.75) is 26.2 Å². The molecule has 6 nitrogen and oxygen atoms in total. The maximum absolute atomic E-state index is 12.4. The summed E-state index contributed by atoms with van der Waals surface area (Å²) in [5, 5.41) is 18.2. The van der Waals surface area contributed by atoms with E-state index in [-0.39, 0.29) is 30.1 Å². The molecule has 0 radical (unpaired) electrons. The van der Waals surface area contributed by atoms with Crippen LogP contribution < -0.4 is 5.73 Å². The number of ether oxygens (including phenoxy) is 2. The molecule has 1 aromatic rings. The summed E-state index contributed by atoms with van der Waals surface area (Å²) in [6, 6.07) is 11.2. The number of carbonyl (C=O) groups is 1. The Labute approximate surface area is 140 Å². The van der Waals surface area contributed by atoms with E-state index in [0.29, 0.717) is 11.3 Å². The highest BCUT2D eigenvalue weighted by molar-refractivity contribution is 5.92. The van der Waals surface area contributed by atoms with E-state index >= 15 is 0 Å². The van der Waals surface area contributed by atoms with Gasteiger partial charge in [-0.1, -0.05) is 24.3 Å². The SMILES string of the molecule is CCOC(=O)C1=C(C)OC(N)=C(C#N)C1c1ccc(CC#N)cc1. The molecule has 0 aromatic heterocycles. The summed E-state index contributed by atoms with van der Waals surface area (Å²) in [5.74, 6) is -0.898. The molecule has 0 bridgehead atoms. The first-order valence-electron chi connectivity index (χ1n) is 7.44. The van der Waals surface area contributed by atoms with Crippen LogP contribution in [-0.4, -0.2) is 12.6 Å². The average Bonchev–Trinajstić information content (AvgIpc) is 2.55. The van der Waals surface area contributed by atoms with Crippen molar-refractivity contribution in [2.75, 3.05) is 6.61 Å². The molecule has 1 unspecified atom stereocenters.